The van der Waals surface area contributed by atoms with Crippen molar-refractivity contribution in [2.75, 3.05) is 11.8 Å². The molecule has 0 amide bonds. The lowest BCUT2D eigenvalue weighted by Gasteiger charge is -2.12. The monoisotopic (exact) mass is 307 g/mol. The molecule has 0 heterocycles. The Morgan fingerprint density at radius 3 is 2.52 bits per heavy atom. The number of ether oxygens (including phenoxy) is 1. The second kappa shape index (κ2) is 6.15. The third-order valence-corrected chi connectivity index (χ3v) is 4.37. The van der Waals surface area contributed by atoms with Crippen LogP contribution in [-0.2, 0) is 10.0 Å². The van der Waals surface area contributed by atoms with Gasteiger partial charge in [0.1, 0.15) is 5.75 Å². The summed E-state index contributed by atoms with van der Waals surface area (Å²) < 4.78 is 32.4. The van der Waals surface area contributed by atoms with Gasteiger partial charge in [0.15, 0.2) is 0 Å². The average molecular weight is 307 g/mol. The highest BCUT2D eigenvalue weighted by Crippen LogP contribution is 2.26. The maximum atomic E-state index is 12.4. The number of rotatable bonds is 5. The van der Waals surface area contributed by atoms with Crippen molar-refractivity contribution in [2.45, 2.75) is 17.9 Å². The Kier molecular flexibility index (Phi) is 4.50. The molecule has 0 fully saturated rings. The van der Waals surface area contributed by atoms with Crippen molar-refractivity contribution >= 4 is 15.7 Å². The van der Waals surface area contributed by atoms with Crippen molar-refractivity contribution in [1.29, 1.82) is 0 Å². The minimum absolute atomic E-state index is 0.0896. The smallest absolute Gasteiger partial charge is 0.262 e. The molecule has 0 saturated carbocycles. The van der Waals surface area contributed by atoms with E-state index in [0.29, 0.717) is 17.0 Å². The molecule has 0 spiro atoms. The minimum atomic E-state index is -3.74. The maximum Gasteiger partial charge on any atom is 0.262 e. The van der Waals surface area contributed by atoms with Crippen molar-refractivity contribution in [2.24, 2.45) is 0 Å². The van der Waals surface area contributed by atoms with E-state index < -0.39 is 16.1 Å². The first kappa shape index (κ1) is 15.3. The van der Waals surface area contributed by atoms with Gasteiger partial charge in [-0.2, -0.15) is 0 Å². The molecule has 0 saturated heterocycles. The first-order valence-electron chi connectivity index (χ1n) is 6.38. The Morgan fingerprint density at radius 2 is 1.86 bits per heavy atom. The third-order valence-electron chi connectivity index (χ3n) is 3.00. The molecule has 6 heteroatoms. The van der Waals surface area contributed by atoms with E-state index in [1.54, 1.807) is 43.3 Å². The van der Waals surface area contributed by atoms with E-state index >= 15 is 0 Å². The fourth-order valence-corrected chi connectivity index (χ4v) is 3.00. The van der Waals surface area contributed by atoms with Crippen LogP contribution in [0.25, 0.3) is 0 Å². The van der Waals surface area contributed by atoms with Crippen molar-refractivity contribution in [1.82, 2.24) is 0 Å². The molecule has 1 atom stereocenters. The first-order chi connectivity index (χ1) is 9.94. The maximum absolute atomic E-state index is 12.4. The Labute approximate surface area is 124 Å². The molecular formula is C15H17NO4S. The summed E-state index contributed by atoms with van der Waals surface area (Å²) >= 11 is 0. The number of benzene rings is 2. The van der Waals surface area contributed by atoms with E-state index in [9.17, 15) is 13.5 Å². The van der Waals surface area contributed by atoms with Gasteiger partial charge in [-0.3, -0.25) is 4.72 Å². The zero-order chi connectivity index (χ0) is 15.5. The molecule has 0 aliphatic heterocycles. The van der Waals surface area contributed by atoms with Crippen LogP contribution in [0.5, 0.6) is 5.75 Å². The van der Waals surface area contributed by atoms with Gasteiger partial charge in [0.25, 0.3) is 10.0 Å². The Bertz CT molecular complexity index is 726. The molecule has 0 aromatic heterocycles. The van der Waals surface area contributed by atoms with Crippen LogP contribution in [-0.4, -0.2) is 20.6 Å². The molecule has 1 unspecified atom stereocenters. The van der Waals surface area contributed by atoms with Crippen LogP contribution in [0.15, 0.2) is 53.4 Å². The van der Waals surface area contributed by atoms with Gasteiger partial charge in [0.05, 0.1) is 23.8 Å². The zero-order valence-corrected chi connectivity index (χ0v) is 12.6. The van der Waals surface area contributed by atoms with Crippen LogP contribution < -0.4 is 9.46 Å². The van der Waals surface area contributed by atoms with Crippen LogP contribution >= 0.6 is 0 Å². The summed E-state index contributed by atoms with van der Waals surface area (Å²) in [6, 6.07) is 13.0. The fraction of sp³-hybridized carbons (Fsp3) is 0.200. The zero-order valence-electron chi connectivity index (χ0n) is 11.8. The average Bonchev–Trinajstić information content (AvgIpc) is 2.47. The molecule has 0 aliphatic carbocycles. The van der Waals surface area contributed by atoms with Crippen LogP contribution in [0.4, 0.5) is 5.69 Å². The number of para-hydroxylation sites is 2. The van der Waals surface area contributed by atoms with E-state index in [1.165, 1.54) is 19.2 Å². The number of aliphatic hydroxyl groups is 1. The van der Waals surface area contributed by atoms with E-state index in [-0.39, 0.29) is 4.90 Å². The highest BCUT2D eigenvalue weighted by molar-refractivity contribution is 7.92. The van der Waals surface area contributed by atoms with Gasteiger partial charge >= 0.3 is 0 Å². The van der Waals surface area contributed by atoms with Gasteiger partial charge in [-0.05, 0) is 36.8 Å². The Hall–Kier alpha value is -2.05. The highest BCUT2D eigenvalue weighted by atomic mass is 32.2. The van der Waals surface area contributed by atoms with Gasteiger partial charge < -0.3 is 9.84 Å². The molecule has 2 rings (SSSR count). The summed E-state index contributed by atoms with van der Waals surface area (Å²) in [5, 5.41) is 9.55. The van der Waals surface area contributed by atoms with E-state index in [1.807, 2.05) is 0 Å². The molecule has 2 aromatic rings. The predicted molar refractivity (Wildman–Crippen MR) is 80.9 cm³/mol. The molecule has 112 valence electrons. The summed E-state index contributed by atoms with van der Waals surface area (Å²) in [4.78, 5) is 0.0896. The first-order valence-corrected chi connectivity index (χ1v) is 7.86. The lowest BCUT2D eigenvalue weighted by Crippen LogP contribution is -2.14. The molecule has 0 bridgehead atoms. The molecule has 2 N–H and O–H groups in total. The number of sulfonamides is 1. The topological polar surface area (TPSA) is 75.6 Å². The van der Waals surface area contributed by atoms with Crippen LogP contribution in [0.2, 0.25) is 0 Å². The van der Waals surface area contributed by atoms with E-state index in [4.69, 9.17) is 4.74 Å². The standard InChI is InChI=1S/C15H17NO4S/c1-11(17)12-6-5-7-13(10-12)21(18,19)16-14-8-3-4-9-15(14)20-2/h3-11,16-17H,1-2H3. The number of aliphatic hydroxyl groups excluding tert-OH is 1. The van der Waals surface area contributed by atoms with Crippen LogP contribution in [0.3, 0.4) is 0 Å². The van der Waals surface area contributed by atoms with E-state index in [0.717, 1.165) is 0 Å². The fourth-order valence-electron chi connectivity index (χ4n) is 1.87. The van der Waals surface area contributed by atoms with Gasteiger partial charge in [-0.25, -0.2) is 8.42 Å². The lowest BCUT2D eigenvalue weighted by molar-refractivity contribution is 0.199. The molecular weight excluding hydrogens is 290 g/mol. The summed E-state index contributed by atoms with van der Waals surface area (Å²) in [5.74, 6) is 0.438. The van der Waals surface area contributed by atoms with Crippen molar-refractivity contribution < 1.29 is 18.3 Å². The third kappa shape index (κ3) is 3.53. The number of hydrogen-bond donors (Lipinski definition) is 2. The molecule has 2 aromatic carbocycles. The van der Waals surface area contributed by atoms with Gasteiger partial charge in [-0.1, -0.05) is 24.3 Å². The van der Waals surface area contributed by atoms with Crippen LogP contribution in [0.1, 0.15) is 18.6 Å². The highest BCUT2D eigenvalue weighted by Gasteiger charge is 2.17. The van der Waals surface area contributed by atoms with Crippen molar-refractivity contribution in [3.8, 4) is 5.75 Å². The van der Waals surface area contributed by atoms with Gasteiger partial charge in [0, 0.05) is 0 Å². The summed E-state index contributed by atoms with van der Waals surface area (Å²) in [5.41, 5.74) is 0.903. The van der Waals surface area contributed by atoms with Gasteiger partial charge in [0.2, 0.25) is 0 Å². The molecule has 0 radical (unpaired) electrons. The predicted octanol–water partition coefficient (Wildman–Crippen LogP) is 2.55. The largest absolute Gasteiger partial charge is 0.495 e. The minimum Gasteiger partial charge on any atom is -0.495 e. The quantitative estimate of drug-likeness (QED) is 0.890. The molecule has 5 nitrogen and oxygen atoms in total. The van der Waals surface area contributed by atoms with Crippen LogP contribution in [0, 0.1) is 0 Å². The van der Waals surface area contributed by atoms with Crippen molar-refractivity contribution in [3.05, 3.63) is 54.1 Å². The number of nitrogens with one attached hydrogen (secondary N) is 1. The summed E-state index contributed by atoms with van der Waals surface area (Å²) in [6.07, 6.45) is -0.730. The number of anilines is 1. The SMILES string of the molecule is COc1ccccc1NS(=O)(=O)c1cccc(C(C)O)c1. The Morgan fingerprint density at radius 1 is 1.14 bits per heavy atom. The summed E-state index contributed by atoms with van der Waals surface area (Å²) in [6.45, 7) is 1.58. The second-order valence-corrected chi connectivity index (χ2v) is 6.24. The molecule has 21 heavy (non-hydrogen) atoms. The second-order valence-electron chi connectivity index (χ2n) is 4.55. The molecule has 0 aliphatic rings. The lowest BCUT2D eigenvalue weighted by atomic mass is 10.1. The summed E-state index contributed by atoms with van der Waals surface area (Å²) in [7, 11) is -2.27. The van der Waals surface area contributed by atoms with E-state index in [2.05, 4.69) is 4.72 Å². The Balaban J connectivity index is 2.36. The number of hydrogen-bond acceptors (Lipinski definition) is 4. The van der Waals surface area contributed by atoms with Gasteiger partial charge in [-0.15, -0.1) is 0 Å². The number of methoxy groups -OCH3 is 1. The van der Waals surface area contributed by atoms with Crippen molar-refractivity contribution in [3.63, 3.8) is 0 Å². The normalized spacial score (nSPS) is 12.7.